The molecule has 1 aromatic carbocycles. The number of anilines is 1. The van der Waals surface area contributed by atoms with Gasteiger partial charge in [-0.15, -0.1) is 0 Å². The standard InChI is InChI=1S/C15H22ClNO2/c1-5-19-14-9-13(15(14,2)3)17-11-8-10(16)6-7-12(11)18-4/h6-8,13-14,17H,5,9H2,1-4H3. The van der Waals surface area contributed by atoms with Crippen molar-refractivity contribution in [3.05, 3.63) is 23.2 Å². The maximum Gasteiger partial charge on any atom is 0.142 e. The van der Waals surface area contributed by atoms with Crippen LogP contribution in [0.3, 0.4) is 0 Å². The van der Waals surface area contributed by atoms with E-state index in [1.54, 1.807) is 7.11 Å². The van der Waals surface area contributed by atoms with E-state index in [4.69, 9.17) is 21.1 Å². The SMILES string of the molecule is CCOC1CC(Nc2cc(Cl)ccc2OC)C1(C)C. The number of ether oxygens (including phenoxy) is 2. The Kier molecular flexibility index (Phi) is 4.26. The molecule has 1 fully saturated rings. The summed E-state index contributed by atoms with van der Waals surface area (Å²) in [7, 11) is 1.67. The average Bonchev–Trinajstić information content (AvgIpc) is 2.38. The lowest BCUT2D eigenvalue weighted by Gasteiger charge is -2.52. The summed E-state index contributed by atoms with van der Waals surface area (Å²) in [5.41, 5.74) is 1.06. The fourth-order valence-corrected chi connectivity index (χ4v) is 2.77. The van der Waals surface area contributed by atoms with Crippen molar-refractivity contribution in [1.82, 2.24) is 0 Å². The lowest BCUT2D eigenvalue weighted by atomic mass is 9.64. The first kappa shape index (κ1) is 14.5. The van der Waals surface area contributed by atoms with Gasteiger partial charge in [-0.25, -0.2) is 0 Å². The van der Waals surface area contributed by atoms with Crippen LogP contribution in [-0.2, 0) is 4.74 Å². The summed E-state index contributed by atoms with van der Waals surface area (Å²) < 4.78 is 11.1. The molecule has 0 bridgehead atoms. The van der Waals surface area contributed by atoms with Crippen LogP contribution >= 0.6 is 11.6 Å². The molecule has 19 heavy (non-hydrogen) atoms. The Morgan fingerprint density at radius 3 is 2.74 bits per heavy atom. The second kappa shape index (κ2) is 5.59. The van der Waals surface area contributed by atoms with Crippen LogP contribution in [0.15, 0.2) is 18.2 Å². The molecule has 1 aliphatic rings. The molecule has 2 atom stereocenters. The maximum absolute atomic E-state index is 6.05. The molecule has 0 spiro atoms. The molecule has 4 heteroatoms. The van der Waals surface area contributed by atoms with Gasteiger partial charge in [0, 0.05) is 23.1 Å². The van der Waals surface area contributed by atoms with Crippen LogP contribution in [-0.4, -0.2) is 25.9 Å². The summed E-state index contributed by atoms with van der Waals surface area (Å²) in [6.45, 7) is 7.26. The molecule has 1 aromatic rings. The summed E-state index contributed by atoms with van der Waals surface area (Å²) in [6, 6.07) is 6.00. The van der Waals surface area contributed by atoms with E-state index in [1.807, 2.05) is 25.1 Å². The summed E-state index contributed by atoms with van der Waals surface area (Å²) in [5.74, 6) is 0.819. The van der Waals surface area contributed by atoms with E-state index in [-0.39, 0.29) is 5.41 Å². The maximum atomic E-state index is 6.05. The number of hydrogen-bond acceptors (Lipinski definition) is 3. The van der Waals surface area contributed by atoms with Gasteiger partial charge in [-0.2, -0.15) is 0 Å². The van der Waals surface area contributed by atoms with Crippen molar-refractivity contribution in [2.45, 2.75) is 39.3 Å². The van der Waals surface area contributed by atoms with E-state index in [0.29, 0.717) is 17.2 Å². The highest BCUT2D eigenvalue weighted by Crippen LogP contribution is 2.45. The fraction of sp³-hybridized carbons (Fsp3) is 0.600. The van der Waals surface area contributed by atoms with E-state index in [1.165, 1.54) is 0 Å². The first-order valence-electron chi connectivity index (χ1n) is 6.70. The minimum Gasteiger partial charge on any atom is -0.495 e. The highest BCUT2D eigenvalue weighted by atomic mass is 35.5. The molecule has 3 nitrogen and oxygen atoms in total. The van der Waals surface area contributed by atoms with Crippen molar-refractivity contribution in [3.8, 4) is 5.75 Å². The first-order chi connectivity index (χ1) is 8.98. The normalized spacial score (nSPS) is 24.7. The number of benzene rings is 1. The Hall–Kier alpha value is -0.930. The molecule has 1 aliphatic carbocycles. The van der Waals surface area contributed by atoms with Gasteiger partial charge in [0.15, 0.2) is 0 Å². The van der Waals surface area contributed by atoms with Crippen LogP contribution in [0.25, 0.3) is 0 Å². The van der Waals surface area contributed by atoms with Gasteiger partial charge < -0.3 is 14.8 Å². The van der Waals surface area contributed by atoms with E-state index >= 15 is 0 Å². The van der Waals surface area contributed by atoms with Crippen molar-refractivity contribution in [2.24, 2.45) is 5.41 Å². The zero-order valence-electron chi connectivity index (χ0n) is 12.0. The molecule has 2 rings (SSSR count). The number of rotatable bonds is 5. The molecular weight excluding hydrogens is 262 g/mol. The molecule has 1 saturated carbocycles. The first-order valence-corrected chi connectivity index (χ1v) is 7.08. The zero-order chi connectivity index (χ0) is 14.0. The smallest absolute Gasteiger partial charge is 0.142 e. The second-order valence-electron chi connectivity index (χ2n) is 5.54. The molecule has 0 saturated heterocycles. The number of halogens is 1. The van der Waals surface area contributed by atoms with Crippen molar-refractivity contribution in [1.29, 1.82) is 0 Å². The van der Waals surface area contributed by atoms with Gasteiger partial charge in [0.05, 0.1) is 18.9 Å². The Morgan fingerprint density at radius 1 is 1.42 bits per heavy atom. The fourth-order valence-electron chi connectivity index (χ4n) is 2.60. The second-order valence-corrected chi connectivity index (χ2v) is 5.98. The third-order valence-corrected chi connectivity index (χ3v) is 4.27. The third-order valence-electron chi connectivity index (χ3n) is 4.04. The van der Waals surface area contributed by atoms with E-state index in [2.05, 4.69) is 19.2 Å². The Morgan fingerprint density at radius 2 is 2.16 bits per heavy atom. The topological polar surface area (TPSA) is 30.5 Å². The largest absolute Gasteiger partial charge is 0.495 e. The van der Waals surface area contributed by atoms with Gasteiger partial charge in [-0.3, -0.25) is 0 Å². The van der Waals surface area contributed by atoms with E-state index < -0.39 is 0 Å². The number of hydrogen-bond donors (Lipinski definition) is 1. The molecule has 0 radical (unpaired) electrons. The minimum absolute atomic E-state index is 0.114. The van der Waals surface area contributed by atoms with Crippen molar-refractivity contribution in [3.63, 3.8) is 0 Å². The third kappa shape index (κ3) is 2.82. The quantitative estimate of drug-likeness (QED) is 0.887. The van der Waals surface area contributed by atoms with Crippen LogP contribution in [0, 0.1) is 5.41 Å². The predicted molar refractivity (Wildman–Crippen MR) is 79.2 cm³/mol. The highest BCUT2D eigenvalue weighted by molar-refractivity contribution is 6.30. The van der Waals surface area contributed by atoms with Crippen LogP contribution in [0.2, 0.25) is 5.02 Å². The lowest BCUT2D eigenvalue weighted by Crippen LogP contribution is -2.58. The molecule has 0 aliphatic heterocycles. The molecule has 2 unspecified atom stereocenters. The molecule has 106 valence electrons. The predicted octanol–water partition coefficient (Wildman–Crippen LogP) is 3.96. The zero-order valence-corrected chi connectivity index (χ0v) is 12.8. The molecule has 0 heterocycles. The Bertz CT molecular complexity index is 448. The Labute approximate surface area is 120 Å². The van der Waals surface area contributed by atoms with Crippen LogP contribution in [0.5, 0.6) is 5.75 Å². The molecule has 0 aromatic heterocycles. The van der Waals surface area contributed by atoms with Gasteiger partial charge in [0.25, 0.3) is 0 Å². The van der Waals surface area contributed by atoms with Gasteiger partial charge >= 0.3 is 0 Å². The number of nitrogens with one attached hydrogen (secondary N) is 1. The average molecular weight is 284 g/mol. The summed E-state index contributed by atoms with van der Waals surface area (Å²) in [4.78, 5) is 0. The van der Waals surface area contributed by atoms with Crippen molar-refractivity contribution >= 4 is 17.3 Å². The van der Waals surface area contributed by atoms with E-state index in [9.17, 15) is 0 Å². The molecule has 0 amide bonds. The van der Waals surface area contributed by atoms with Crippen LogP contribution in [0.1, 0.15) is 27.2 Å². The van der Waals surface area contributed by atoms with Gasteiger partial charge in [0.2, 0.25) is 0 Å². The van der Waals surface area contributed by atoms with Crippen molar-refractivity contribution in [2.75, 3.05) is 19.0 Å². The summed E-state index contributed by atoms with van der Waals surface area (Å²) in [5, 5.41) is 4.24. The monoisotopic (exact) mass is 283 g/mol. The van der Waals surface area contributed by atoms with Gasteiger partial charge in [-0.1, -0.05) is 25.4 Å². The van der Waals surface area contributed by atoms with Crippen LogP contribution in [0.4, 0.5) is 5.69 Å². The van der Waals surface area contributed by atoms with Crippen LogP contribution < -0.4 is 10.1 Å². The minimum atomic E-state index is 0.114. The summed E-state index contributed by atoms with van der Waals surface area (Å²) in [6.07, 6.45) is 1.33. The van der Waals surface area contributed by atoms with Gasteiger partial charge in [-0.05, 0) is 31.5 Å². The number of methoxy groups -OCH3 is 1. The summed E-state index contributed by atoms with van der Waals surface area (Å²) >= 11 is 6.05. The van der Waals surface area contributed by atoms with E-state index in [0.717, 1.165) is 24.5 Å². The molecule has 1 N–H and O–H groups in total. The van der Waals surface area contributed by atoms with Gasteiger partial charge in [0.1, 0.15) is 5.75 Å². The Balaban J connectivity index is 2.09. The highest BCUT2D eigenvalue weighted by Gasteiger charge is 2.49. The molecular formula is C15H22ClNO2. The lowest BCUT2D eigenvalue weighted by molar-refractivity contribution is -0.0976. The van der Waals surface area contributed by atoms with Crippen molar-refractivity contribution < 1.29 is 9.47 Å².